The molecule has 4 aromatic heterocycles. The molecular weight excluding hydrogens is 727 g/mol. The van der Waals surface area contributed by atoms with Gasteiger partial charge < -0.3 is 4.57 Å². The Morgan fingerprint density at radius 3 is 1.53 bits per heavy atom. The van der Waals surface area contributed by atoms with Crippen LogP contribution in [0.4, 0.5) is 0 Å². The third-order valence-corrected chi connectivity index (χ3v) is 12.5. The molecule has 270 valence electrons. The average molecular weight is 758 g/mol. The Kier molecular flexibility index (Phi) is 7.33. The molecule has 5 nitrogen and oxygen atoms in total. The van der Waals surface area contributed by atoms with E-state index in [1.165, 1.54) is 42.0 Å². The highest BCUT2D eigenvalue weighted by molar-refractivity contribution is 7.26. The van der Waals surface area contributed by atoms with Crippen molar-refractivity contribution in [3.63, 3.8) is 0 Å². The van der Waals surface area contributed by atoms with E-state index in [1.807, 2.05) is 29.5 Å². The number of pyridine rings is 1. The lowest BCUT2D eigenvalue weighted by molar-refractivity contribution is 1.07. The van der Waals surface area contributed by atoms with Gasteiger partial charge in [-0.2, -0.15) is 0 Å². The molecule has 0 saturated heterocycles. The predicted molar refractivity (Wildman–Crippen MR) is 242 cm³/mol. The fourth-order valence-electron chi connectivity index (χ4n) is 8.59. The van der Waals surface area contributed by atoms with Gasteiger partial charge in [-0.1, -0.05) is 140 Å². The minimum absolute atomic E-state index is 0.619. The lowest BCUT2D eigenvalue weighted by Gasteiger charge is -2.14. The van der Waals surface area contributed by atoms with Gasteiger partial charge in [0.15, 0.2) is 17.5 Å². The maximum absolute atomic E-state index is 5.45. The van der Waals surface area contributed by atoms with Gasteiger partial charge in [-0.15, -0.1) is 11.3 Å². The molecule has 0 spiro atoms. The molecule has 12 aromatic rings. The largest absolute Gasteiger partial charge is 0.309 e. The van der Waals surface area contributed by atoms with Gasteiger partial charge in [-0.25, -0.2) is 19.9 Å². The molecule has 8 aromatic carbocycles. The second-order valence-corrected chi connectivity index (χ2v) is 15.6. The zero-order valence-corrected chi connectivity index (χ0v) is 31.9. The number of benzene rings is 8. The quantitative estimate of drug-likeness (QED) is 0.175. The summed E-state index contributed by atoms with van der Waals surface area (Å²) in [7, 11) is 0. The molecule has 0 N–H and O–H groups in total. The van der Waals surface area contributed by atoms with Crippen molar-refractivity contribution in [2.24, 2.45) is 0 Å². The molecule has 58 heavy (non-hydrogen) atoms. The molecule has 12 rings (SSSR count). The minimum atomic E-state index is 0.619. The van der Waals surface area contributed by atoms with Crippen molar-refractivity contribution in [3.8, 4) is 51.1 Å². The van der Waals surface area contributed by atoms with Gasteiger partial charge in [-0.3, -0.25) is 0 Å². The fourth-order valence-corrected chi connectivity index (χ4v) is 9.77. The summed E-state index contributed by atoms with van der Waals surface area (Å²) >= 11 is 1.81. The average Bonchev–Trinajstić information content (AvgIpc) is 3.85. The SMILES string of the molecule is c1ccc(-c2nc(-c3ccc(-n4c5ccccc5c5ccccc54)cc3)nc(-c3ccc(-c4nc5c6ccccc6sc5c5ccccc45)c4ccccc34)n2)cc1. The van der Waals surface area contributed by atoms with Crippen LogP contribution in [-0.2, 0) is 0 Å². The molecule has 0 unspecified atom stereocenters. The van der Waals surface area contributed by atoms with E-state index in [4.69, 9.17) is 19.9 Å². The van der Waals surface area contributed by atoms with Crippen LogP contribution in [0, 0.1) is 0 Å². The van der Waals surface area contributed by atoms with E-state index in [0.29, 0.717) is 17.5 Å². The lowest BCUT2D eigenvalue weighted by Crippen LogP contribution is -2.01. The van der Waals surface area contributed by atoms with Crippen molar-refractivity contribution in [1.82, 2.24) is 24.5 Å². The van der Waals surface area contributed by atoms with E-state index in [2.05, 4.69) is 174 Å². The van der Waals surface area contributed by atoms with Crippen LogP contribution >= 0.6 is 11.3 Å². The number of hydrogen-bond acceptors (Lipinski definition) is 5. The van der Waals surface area contributed by atoms with Crippen LogP contribution in [-0.4, -0.2) is 24.5 Å². The number of para-hydroxylation sites is 2. The molecule has 0 atom stereocenters. The third-order valence-electron chi connectivity index (χ3n) is 11.3. The van der Waals surface area contributed by atoms with Crippen molar-refractivity contribution in [1.29, 1.82) is 0 Å². The van der Waals surface area contributed by atoms with Crippen LogP contribution < -0.4 is 0 Å². The summed E-state index contributed by atoms with van der Waals surface area (Å²) in [6.45, 7) is 0. The van der Waals surface area contributed by atoms with Crippen molar-refractivity contribution in [3.05, 3.63) is 188 Å². The van der Waals surface area contributed by atoms with Crippen LogP contribution in [0.1, 0.15) is 0 Å². The van der Waals surface area contributed by atoms with Gasteiger partial charge in [0, 0.05) is 59.6 Å². The first-order valence-electron chi connectivity index (χ1n) is 19.4. The molecule has 0 aliphatic heterocycles. The molecule has 0 aliphatic carbocycles. The normalized spacial score (nSPS) is 11.8. The standard InChI is InChI=1S/C52H31N5S/c1-2-14-32(15-3-1)50-54-51(33-26-28-34(29-27-33)57-44-23-11-8-18-37(44)38-19-9-12-24-45(38)57)56-52(55-50)42-31-30-40(35-16-4-5-17-36(35)42)47-39-20-6-7-21-41(39)49-48(53-47)43-22-10-13-25-46(43)58-49/h1-31H. The molecule has 0 saturated carbocycles. The Morgan fingerprint density at radius 2 is 0.845 bits per heavy atom. The first-order valence-corrected chi connectivity index (χ1v) is 20.2. The van der Waals surface area contributed by atoms with Crippen molar-refractivity contribution < 1.29 is 0 Å². The summed E-state index contributed by atoms with van der Waals surface area (Å²) in [6.07, 6.45) is 0. The lowest BCUT2D eigenvalue weighted by atomic mass is 9.94. The van der Waals surface area contributed by atoms with Crippen molar-refractivity contribution in [2.75, 3.05) is 0 Å². The molecule has 6 heteroatoms. The van der Waals surface area contributed by atoms with Gasteiger partial charge in [-0.05, 0) is 59.3 Å². The van der Waals surface area contributed by atoms with Crippen molar-refractivity contribution in [2.45, 2.75) is 0 Å². The van der Waals surface area contributed by atoms with Gasteiger partial charge in [0.25, 0.3) is 0 Å². The molecule has 0 radical (unpaired) electrons. The summed E-state index contributed by atoms with van der Waals surface area (Å²) in [4.78, 5) is 20.9. The summed E-state index contributed by atoms with van der Waals surface area (Å²) in [5.41, 5.74) is 9.30. The van der Waals surface area contributed by atoms with Crippen LogP contribution in [0.25, 0.3) is 115 Å². The van der Waals surface area contributed by atoms with Crippen LogP contribution in [0.2, 0.25) is 0 Å². The Bertz CT molecular complexity index is 3510. The second-order valence-electron chi connectivity index (χ2n) is 14.6. The van der Waals surface area contributed by atoms with Gasteiger partial charge >= 0.3 is 0 Å². The van der Waals surface area contributed by atoms with E-state index < -0.39 is 0 Å². The third kappa shape index (κ3) is 5.09. The number of nitrogens with zero attached hydrogens (tertiary/aromatic N) is 5. The topological polar surface area (TPSA) is 56.5 Å². The Hall–Kier alpha value is -7.54. The smallest absolute Gasteiger partial charge is 0.164 e. The maximum atomic E-state index is 5.45. The van der Waals surface area contributed by atoms with E-state index in [9.17, 15) is 0 Å². The summed E-state index contributed by atoms with van der Waals surface area (Å²) < 4.78 is 4.79. The minimum Gasteiger partial charge on any atom is -0.309 e. The first kappa shape index (κ1) is 32.7. The molecule has 0 aliphatic rings. The van der Waals surface area contributed by atoms with Crippen LogP contribution in [0.5, 0.6) is 0 Å². The maximum Gasteiger partial charge on any atom is 0.164 e. The van der Waals surface area contributed by atoms with Crippen LogP contribution in [0.15, 0.2) is 188 Å². The van der Waals surface area contributed by atoms with Gasteiger partial charge in [0.05, 0.1) is 26.9 Å². The summed E-state index contributed by atoms with van der Waals surface area (Å²) in [5, 5.41) is 8.16. The van der Waals surface area contributed by atoms with Gasteiger partial charge in [0.1, 0.15) is 0 Å². The van der Waals surface area contributed by atoms with E-state index in [-0.39, 0.29) is 0 Å². The highest BCUT2D eigenvalue weighted by Gasteiger charge is 2.20. The Balaban J connectivity index is 1.03. The molecular formula is C52H31N5S. The molecule has 0 fully saturated rings. The van der Waals surface area contributed by atoms with Crippen molar-refractivity contribution >= 4 is 75.0 Å². The summed E-state index contributed by atoms with van der Waals surface area (Å²) in [6, 6.07) is 66.0. The van der Waals surface area contributed by atoms with Gasteiger partial charge in [0.2, 0.25) is 0 Å². The first-order chi connectivity index (χ1) is 28.8. The Morgan fingerprint density at radius 1 is 0.345 bits per heavy atom. The summed E-state index contributed by atoms with van der Waals surface area (Å²) in [5.74, 6) is 1.87. The van der Waals surface area contributed by atoms with E-state index in [1.54, 1.807) is 0 Å². The highest BCUT2D eigenvalue weighted by Crippen LogP contribution is 2.43. The number of rotatable bonds is 5. The second kappa shape index (κ2) is 13.0. The number of hydrogen-bond donors (Lipinski definition) is 0. The zero-order valence-electron chi connectivity index (χ0n) is 31.0. The van der Waals surface area contributed by atoms with Crippen LogP contribution in [0.3, 0.4) is 0 Å². The highest BCUT2D eigenvalue weighted by atomic mass is 32.1. The number of fused-ring (bicyclic) bond motifs is 9. The monoisotopic (exact) mass is 757 g/mol. The predicted octanol–water partition coefficient (Wildman–Crippen LogP) is 13.7. The molecule has 0 bridgehead atoms. The zero-order chi connectivity index (χ0) is 38.2. The molecule has 4 heterocycles. The number of thiophene rings is 1. The Labute approximate surface area is 337 Å². The fraction of sp³-hybridized carbons (Fsp3) is 0. The molecule has 0 amide bonds. The number of aromatic nitrogens is 5. The van der Waals surface area contributed by atoms with E-state index >= 15 is 0 Å². The van der Waals surface area contributed by atoms with E-state index in [0.717, 1.165) is 55.3 Å².